The first kappa shape index (κ1) is 19.0. The summed E-state index contributed by atoms with van der Waals surface area (Å²) in [6, 6.07) is 15.7. The van der Waals surface area contributed by atoms with E-state index in [1.54, 1.807) is 17.8 Å². The maximum absolute atomic E-state index is 9.22. The van der Waals surface area contributed by atoms with Gasteiger partial charge in [0.2, 0.25) is 0 Å². The number of methoxy groups -OCH3 is 1. The molecule has 2 aromatic rings. The first-order valence-corrected chi connectivity index (χ1v) is 7.87. The maximum atomic E-state index is 9.22. The van der Waals surface area contributed by atoms with E-state index in [1.807, 2.05) is 92.9 Å². The van der Waals surface area contributed by atoms with Crippen molar-refractivity contribution >= 4 is 11.4 Å². The van der Waals surface area contributed by atoms with Crippen LogP contribution in [0.2, 0.25) is 0 Å². The van der Waals surface area contributed by atoms with E-state index in [0.29, 0.717) is 5.70 Å². The summed E-state index contributed by atoms with van der Waals surface area (Å²) in [6.07, 6.45) is 9.22. The van der Waals surface area contributed by atoms with E-state index in [-0.39, 0.29) is 0 Å². The highest BCUT2D eigenvalue weighted by Crippen LogP contribution is 2.18. The fourth-order valence-corrected chi connectivity index (χ4v) is 1.91. The Labute approximate surface area is 144 Å². The molecule has 0 spiro atoms. The Balaban J connectivity index is 0.00000139. The molecule has 0 radical (unpaired) electrons. The zero-order valence-corrected chi connectivity index (χ0v) is 14.7. The topological polar surface area (TPSA) is 40.1 Å². The van der Waals surface area contributed by atoms with Crippen LogP contribution in [0, 0.1) is 11.3 Å². The van der Waals surface area contributed by atoms with Crippen LogP contribution >= 0.6 is 0 Å². The van der Waals surface area contributed by atoms with E-state index in [0.717, 1.165) is 11.4 Å². The molecule has 0 saturated carbocycles. The second kappa shape index (κ2) is 10.6. The highest BCUT2D eigenvalue weighted by molar-refractivity contribution is 5.54. The molecule has 0 N–H and O–H groups in total. The molecular formula is C20H24N3O+. The van der Waals surface area contributed by atoms with E-state index in [2.05, 4.69) is 6.07 Å². The van der Waals surface area contributed by atoms with E-state index < -0.39 is 0 Å². The molecule has 0 aliphatic carbocycles. The third-order valence-electron chi connectivity index (χ3n) is 3.15. The van der Waals surface area contributed by atoms with Gasteiger partial charge in [-0.05, 0) is 30.3 Å². The molecule has 1 aromatic carbocycles. The van der Waals surface area contributed by atoms with Crippen LogP contribution in [0.5, 0.6) is 5.75 Å². The molecule has 0 fully saturated rings. The molecule has 0 saturated heterocycles. The van der Waals surface area contributed by atoms with Crippen LogP contribution in [0.1, 0.15) is 13.8 Å². The average molecular weight is 322 g/mol. The van der Waals surface area contributed by atoms with Gasteiger partial charge in [0.05, 0.1) is 7.11 Å². The van der Waals surface area contributed by atoms with Gasteiger partial charge in [-0.15, -0.1) is 0 Å². The molecule has 0 bridgehead atoms. The summed E-state index contributed by atoms with van der Waals surface area (Å²) < 4.78 is 6.92. The number of anilines is 1. The van der Waals surface area contributed by atoms with Crippen molar-refractivity contribution in [1.29, 1.82) is 5.26 Å². The quantitative estimate of drug-likeness (QED) is 0.474. The smallest absolute Gasteiger partial charge is 0.288 e. The van der Waals surface area contributed by atoms with Crippen LogP contribution in [0.3, 0.4) is 0 Å². The molecule has 0 amide bonds. The molecule has 0 aliphatic rings. The molecule has 1 heterocycles. The lowest BCUT2D eigenvalue weighted by Gasteiger charge is -2.13. The van der Waals surface area contributed by atoms with Crippen LogP contribution in [-0.2, 0) is 0 Å². The number of nitrogens with zero attached hydrogens (tertiary/aromatic N) is 3. The standard InChI is InChI=1S/C18H18N3O.C2H6/c1-20(16-8-10-18(22-2)11-9-16)12-6-7-17(15-19)21-13-4-3-5-14-21;1-2/h3-14H,1-2H3;1-2H3/q+1;/b12-6+,17-7+;. The minimum Gasteiger partial charge on any atom is -0.497 e. The summed E-state index contributed by atoms with van der Waals surface area (Å²) in [5.74, 6) is 0.827. The van der Waals surface area contributed by atoms with Gasteiger partial charge in [-0.25, -0.2) is 0 Å². The summed E-state index contributed by atoms with van der Waals surface area (Å²) in [6.45, 7) is 4.00. The number of nitriles is 1. The van der Waals surface area contributed by atoms with Crippen molar-refractivity contribution in [2.24, 2.45) is 0 Å². The summed E-state index contributed by atoms with van der Waals surface area (Å²) in [4.78, 5) is 1.97. The lowest BCUT2D eigenvalue weighted by atomic mass is 10.3. The van der Waals surface area contributed by atoms with E-state index in [1.165, 1.54) is 0 Å². The van der Waals surface area contributed by atoms with E-state index in [9.17, 15) is 5.26 Å². The highest BCUT2D eigenvalue weighted by atomic mass is 16.5. The Hall–Kier alpha value is -3.06. The Morgan fingerprint density at radius 1 is 1.12 bits per heavy atom. The molecule has 4 nitrogen and oxygen atoms in total. The molecule has 24 heavy (non-hydrogen) atoms. The Kier molecular flexibility index (Phi) is 8.41. The van der Waals surface area contributed by atoms with Gasteiger partial charge in [0, 0.05) is 37.1 Å². The lowest BCUT2D eigenvalue weighted by molar-refractivity contribution is -0.577. The zero-order valence-electron chi connectivity index (χ0n) is 14.7. The number of aromatic nitrogens is 1. The molecule has 0 unspecified atom stereocenters. The molecule has 4 heteroatoms. The van der Waals surface area contributed by atoms with Crippen molar-refractivity contribution in [3.05, 3.63) is 73.2 Å². The maximum Gasteiger partial charge on any atom is 0.288 e. The van der Waals surface area contributed by atoms with Gasteiger partial charge >= 0.3 is 0 Å². The average Bonchev–Trinajstić information content (AvgIpc) is 2.67. The number of pyridine rings is 1. The Morgan fingerprint density at radius 3 is 2.29 bits per heavy atom. The van der Waals surface area contributed by atoms with Crippen molar-refractivity contribution in [2.75, 3.05) is 19.1 Å². The van der Waals surface area contributed by atoms with Gasteiger partial charge in [0.1, 0.15) is 5.75 Å². The number of allylic oxidation sites excluding steroid dienone is 3. The molecule has 124 valence electrons. The number of hydrogen-bond donors (Lipinski definition) is 0. The molecule has 0 aliphatic heterocycles. The fourth-order valence-electron chi connectivity index (χ4n) is 1.91. The van der Waals surface area contributed by atoms with Gasteiger partial charge in [0.25, 0.3) is 5.70 Å². The summed E-state index contributed by atoms with van der Waals surface area (Å²) in [5, 5.41) is 9.22. The van der Waals surface area contributed by atoms with Crippen molar-refractivity contribution in [2.45, 2.75) is 13.8 Å². The van der Waals surface area contributed by atoms with Crippen molar-refractivity contribution in [3.8, 4) is 11.8 Å². The van der Waals surface area contributed by atoms with Crippen molar-refractivity contribution in [1.82, 2.24) is 0 Å². The monoisotopic (exact) mass is 322 g/mol. The SMILES string of the molecule is CC.COc1ccc(N(C)/C=C/C=C(\C#N)[n+]2ccccc2)cc1. The predicted molar refractivity (Wildman–Crippen MR) is 98.4 cm³/mol. The number of ether oxygens (including phenoxy) is 1. The zero-order chi connectivity index (χ0) is 17.8. The second-order valence-electron chi connectivity index (χ2n) is 4.60. The lowest BCUT2D eigenvalue weighted by Crippen LogP contribution is -2.29. The Bertz CT molecular complexity index is 698. The first-order chi connectivity index (χ1) is 11.7. The number of hydrogen-bond acceptors (Lipinski definition) is 3. The minimum absolute atomic E-state index is 0.556. The van der Waals surface area contributed by atoms with Gasteiger partial charge < -0.3 is 9.64 Å². The number of rotatable bonds is 5. The number of benzene rings is 1. The minimum atomic E-state index is 0.556. The summed E-state index contributed by atoms with van der Waals surface area (Å²) in [7, 11) is 3.60. The van der Waals surface area contributed by atoms with Crippen LogP contribution in [0.25, 0.3) is 5.70 Å². The second-order valence-corrected chi connectivity index (χ2v) is 4.60. The summed E-state index contributed by atoms with van der Waals surface area (Å²) in [5.41, 5.74) is 1.59. The molecule has 2 rings (SSSR count). The van der Waals surface area contributed by atoms with Gasteiger partial charge in [-0.1, -0.05) is 19.9 Å². The van der Waals surface area contributed by atoms with Crippen molar-refractivity contribution < 1.29 is 9.30 Å². The third kappa shape index (κ3) is 5.62. The van der Waals surface area contributed by atoms with Crippen molar-refractivity contribution in [3.63, 3.8) is 0 Å². The van der Waals surface area contributed by atoms with Gasteiger partial charge in [-0.3, -0.25) is 0 Å². The summed E-state index contributed by atoms with van der Waals surface area (Å²) >= 11 is 0. The van der Waals surface area contributed by atoms with Gasteiger partial charge in [-0.2, -0.15) is 9.83 Å². The molecule has 0 atom stereocenters. The third-order valence-corrected chi connectivity index (χ3v) is 3.15. The largest absolute Gasteiger partial charge is 0.497 e. The fraction of sp³-hybridized carbons (Fsp3) is 0.200. The molecule has 1 aromatic heterocycles. The van der Waals surface area contributed by atoms with E-state index in [4.69, 9.17) is 4.74 Å². The van der Waals surface area contributed by atoms with Crippen LogP contribution in [-0.4, -0.2) is 14.2 Å². The Morgan fingerprint density at radius 2 is 1.75 bits per heavy atom. The highest BCUT2D eigenvalue weighted by Gasteiger charge is 2.05. The first-order valence-electron chi connectivity index (χ1n) is 7.87. The normalized spacial score (nSPS) is 10.5. The van der Waals surface area contributed by atoms with Crippen LogP contribution in [0.4, 0.5) is 5.69 Å². The van der Waals surface area contributed by atoms with Gasteiger partial charge in [0.15, 0.2) is 18.5 Å². The van der Waals surface area contributed by atoms with Crippen LogP contribution in [0.15, 0.2) is 73.2 Å². The van der Waals surface area contributed by atoms with E-state index >= 15 is 0 Å². The van der Waals surface area contributed by atoms with Crippen LogP contribution < -0.4 is 14.2 Å². The molecular weight excluding hydrogens is 298 g/mol. The predicted octanol–water partition coefficient (Wildman–Crippen LogP) is 4.02.